The number of carbonyl (C=O) groups excluding carboxylic acids is 1. The molecule has 0 aliphatic heterocycles. The summed E-state index contributed by atoms with van der Waals surface area (Å²) >= 11 is 0. The van der Waals surface area contributed by atoms with Crippen LogP contribution in [-0.2, 0) is 13.1 Å². The van der Waals surface area contributed by atoms with Gasteiger partial charge in [-0.15, -0.1) is 5.10 Å². The van der Waals surface area contributed by atoms with E-state index in [9.17, 15) is 4.79 Å². The minimum Gasteiger partial charge on any atom is -0.459 e. The van der Waals surface area contributed by atoms with Gasteiger partial charge >= 0.3 is 0 Å². The van der Waals surface area contributed by atoms with Crippen LogP contribution in [0.15, 0.2) is 77.4 Å². The lowest BCUT2D eigenvalue weighted by atomic mass is 10.1. The first-order valence-electron chi connectivity index (χ1n) is 9.66. The quantitative estimate of drug-likeness (QED) is 0.448. The third-order valence-corrected chi connectivity index (χ3v) is 5.09. The fourth-order valence-corrected chi connectivity index (χ4v) is 3.67. The number of pyridine rings is 1. The van der Waals surface area contributed by atoms with E-state index in [4.69, 9.17) is 4.42 Å². The van der Waals surface area contributed by atoms with Gasteiger partial charge in [-0.25, -0.2) is 0 Å². The molecule has 7 heteroatoms. The second-order valence-corrected chi connectivity index (χ2v) is 7.27. The Labute approximate surface area is 172 Å². The van der Waals surface area contributed by atoms with Crippen LogP contribution in [0.3, 0.4) is 0 Å². The number of aryl methyl sites for hydroxylation is 1. The summed E-state index contributed by atoms with van der Waals surface area (Å²) in [5.41, 5.74) is 4.61. The Morgan fingerprint density at radius 2 is 1.90 bits per heavy atom. The molecule has 0 unspecified atom stereocenters. The van der Waals surface area contributed by atoms with Gasteiger partial charge in [-0.2, -0.15) is 4.52 Å². The minimum absolute atomic E-state index is 0.182. The van der Waals surface area contributed by atoms with Crippen LogP contribution in [0.5, 0.6) is 0 Å². The molecular weight excluding hydrogens is 378 g/mol. The summed E-state index contributed by atoms with van der Waals surface area (Å²) in [6, 6.07) is 21.5. The van der Waals surface area contributed by atoms with Crippen molar-refractivity contribution in [2.75, 3.05) is 0 Å². The summed E-state index contributed by atoms with van der Waals surface area (Å²) in [5, 5.41) is 13.3. The van der Waals surface area contributed by atoms with E-state index < -0.39 is 0 Å². The third-order valence-electron chi connectivity index (χ3n) is 5.09. The summed E-state index contributed by atoms with van der Waals surface area (Å²) < 4.78 is 7.10. The first kappa shape index (κ1) is 18.1. The fraction of sp³-hybridized carbons (Fsp3) is 0.130. The average Bonchev–Trinajstić information content (AvgIpc) is 3.46. The van der Waals surface area contributed by atoms with Crippen molar-refractivity contribution in [3.63, 3.8) is 0 Å². The molecule has 3 aromatic heterocycles. The highest BCUT2D eigenvalue weighted by Crippen LogP contribution is 2.23. The Morgan fingerprint density at radius 1 is 1.03 bits per heavy atom. The molecule has 148 valence electrons. The molecule has 0 N–H and O–H groups in total. The number of benzene rings is 2. The molecule has 3 heterocycles. The Bertz CT molecular complexity index is 1330. The molecule has 0 bridgehead atoms. The zero-order valence-corrected chi connectivity index (χ0v) is 16.4. The third kappa shape index (κ3) is 3.30. The van der Waals surface area contributed by atoms with Crippen LogP contribution in [-0.4, -0.2) is 30.8 Å². The molecular formula is C23H19N5O2. The second-order valence-electron chi connectivity index (χ2n) is 7.27. The standard InChI is InChI=1S/C23H19N5O2/c1-16-9-10-20-18(12-16)13-19(22-24-25-26-28(20)22)15-27(14-17-6-3-2-4-7-17)23(29)21-8-5-11-30-21/h2-13H,14-15H2,1H3. The van der Waals surface area contributed by atoms with Crippen LogP contribution in [0.2, 0.25) is 0 Å². The van der Waals surface area contributed by atoms with E-state index in [1.165, 1.54) is 6.26 Å². The molecule has 0 saturated carbocycles. The molecule has 5 rings (SSSR count). The normalized spacial score (nSPS) is 11.2. The maximum absolute atomic E-state index is 13.2. The number of carbonyl (C=O) groups is 1. The molecule has 0 spiro atoms. The van der Waals surface area contributed by atoms with Crippen LogP contribution in [0.4, 0.5) is 0 Å². The summed E-state index contributed by atoms with van der Waals surface area (Å²) in [6.07, 6.45) is 1.51. The lowest BCUT2D eigenvalue weighted by Crippen LogP contribution is -2.30. The van der Waals surface area contributed by atoms with E-state index in [0.29, 0.717) is 24.5 Å². The van der Waals surface area contributed by atoms with Crippen molar-refractivity contribution in [3.8, 4) is 0 Å². The smallest absolute Gasteiger partial charge is 0.290 e. The van der Waals surface area contributed by atoms with Gasteiger partial charge in [-0.05, 0) is 53.2 Å². The molecule has 0 radical (unpaired) electrons. The van der Waals surface area contributed by atoms with Gasteiger partial charge in [0.1, 0.15) is 0 Å². The van der Waals surface area contributed by atoms with E-state index in [1.807, 2.05) is 49.4 Å². The number of aromatic nitrogens is 4. The van der Waals surface area contributed by atoms with E-state index in [-0.39, 0.29) is 5.91 Å². The van der Waals surface area contributed by atoms with Gasteiger partial charge in [-0.3, -0.25) is 4.79 Å². The maximum atomic E-state index is 13.2. The van der Waals surface area contributed by atoms with Gasteiger partial charge in [-0.1, -0.05) is 42.0 Å². The lowest BCUT2D eigenvalue weighted by molar-refractivity contribution is 0.0698. The molecule has 2 aromatic carbocycles. The summed E-state index contributed by atoms with van der Waals surface area (Å²) in [6.45, 7) is 2.84. The SMILES string of the molecule is Cc1ccc2c(c1)cc(CN(Cc1ccccc1)C(=O)c1ccco1)c1nnnn12. The van der Waals surface area contributed by atoms with Crippen molar-refractivity contribution >= 4 is 22.5 Å². The predicted octanol–water partition coefficient (Wildman–Crippen LogP) is 4.02. The molecule has 0 saturated heterocycles. The maximum Gasteiger partial charge on any atom is 0.290 e. The summed E-state index contributed by atoms with van der Waals surface area (Å²) in [5.74, 6) is 0.122. The Kier molecular flexibility index (Phi) is 4.48. The zero-order valence-electron chi connectivity index (χ0n) is 16.4. The minimum atomic E-state index is -0.182. The van der Waals surface area contributed by atoms with E-state index in [2.05, 4.69) is 27.7 Å². The molecule has 30 heavy (non-hydrogen) atoms. The van der Waals surface area contributed by atoms with Crippen molar-refractivity contribution in [1.82, 2.24) is 24.9 Å². The zero-order chi connectivity index (χ0) is 20.5. The van der Waals surface area contributed by atoms with Crippen LogP contribution in [0.25, 0.3) is 16.6 Å². The number of fused-ring (bicyclic) bond motifs is 3. The van der Waals surface area contributed by atoms with Crippen LogP contribution >= 0.6 is 0 Å². The highest BCUT2D eigenvalue weighted by molar-refractivity contribution is 5.91. The van der Waals surface area contributed by atoms with Crippen LogP contribution in [0, 0.1) is 6.92 Å². The second kappa shape index (κ2) is 7.44. The number of tetrazole rings is 1. The van der Waals surface area contributed by atoms with Crippen molar-refractivity contribution < 1.29 is 9.21 Å². The number of hydrogen-bond acceptors (Lipinski definition) is 5. The van der Waals surface area contributed by atoms with Crippen molar-refractivity contribution in [1.29, 1.82) is 0 Å². The van der Waals surface area contributed by atoms with Gasteiger partial charge in [0.05, 0.1) is 18.3 Å². The van der Waals surface area contributed by atoms with Gasteiger partial charge in [0.2, 0.25) is 0 Å². The fourth-order valence-electron chi connectivity index (χ4n) is 3.67. The molecule has 7 nitrogen and oxygen atoms in total. The van der Waals surface area contributed by atoms with Gasteiger partial charge < -0.3 is 9.32 Å². The highest BCUT2D eigenvalue weighted by atomic mass is 16.3. The molecule has 0 atom stereocenters. The topological polar surface area (TPSA) is 76.5 Å². The Balaban J connectivity index is 1.59. The largest absolute Gasteiger partial charge is 0.459 e. The average molecular weight is 397 g/mol. The van der Waals surface area contributed by atoms with E-state index >= 15 is 0 Å². The molecule has 0 aliphatic carbocycles. The number of hydrogen-bond donors (Lipinski definition) is 0. The van der Waals surface area contributed by atoms with Gasteiger partial charge in [0.15, 0.2) is 11.4 Å². The van der Waals surface area contributed by atoms with Crippen LogP contribution in [0.1, 0.15) is 27.2 Å². The Morgan fingerprint density at radius 3 is 2.70 bits per heavy atom. The molecule has 0 aliphatic rings. The number of nitrogens with zero attached hydrogens (tertiary/aromatic N) is 5. The number of rotatable bonds is 5. The van der Waals surface area contributed by atoms with Crippen LogP contribution < -0.4 is 0 Å². The lowest BCUT2D eigenvalue weighted by Gasteiger charge is -2.22. The molecule has 0 fully saturated rings. The van der Waals surface area contributed by atoms with E-state index in [1.54, 1.807) is 21.5 Å². The number of furan rings is 1. The van der Waals surface area contributed by atoms with Gasteiger partial charge in [0.25, 0.3) is 5.91 Å². The molecule has 5 aromatic rings. The van der Waals surface area contributed by atoms with Crippen molar-refractivity contribution in [3.05, 3.63) is 95.4 Å². The van der Waals surface area contributed by atoms with Crippen molar-refractivity contribution in [2.24, 2.45) is 0 Å². The first-order chi connectivity index (χ1) is 14.7. The first-order valence-corrected chi connectivity index (χ1v) is 9.66. The van der Waals surface area contributed by atoms with Gasteiger partial charge in [0, 0.05) is 17.5 Å². The molecule has 1 amide bonds. The van der Waals surface area contributed by atoms with Crippen molar-refractivity contribution in [2.45, 2.75) is 20.0 Å². The highest BCUT2D eigenvalue weighted by Gasteiger charge is 2.21. The summed E-state index contributed by atoms with van der Waals surface area (Å²) in [7, 11) is 0. The summed E-state index contributed by atoms with van der Waals surface area (Å²) in [4.78, 5) is 14.9. The van der Waals surface area contributed by atoms with E-state index in [0.717, 1.165) is 27.6 Å². The monoisotopic (exact) mass is 397 g/mol. The number of amides is 1. The predicted molar refractivity (Wildman–Crippen MR) is 112 cm³/mol. The Hall–Kier alpha value is -4.00.